The van der Waals surface area contributed by atoms with Crippen LogP contribution in [0, 0.1) is 10.1 Å². The highest BCUT2D eigenvalue weighted by molar-refractivity contribution is 7.97. The van der Waals surface area contributed by atoms with E-state index in [-0.39, 0.29) is 30.4 Å². The number of benzene rings is 1. The number of aliphatic hydroxyl groups excluding tert-OH is 5. The molecule has 1 aliphatic rings. The summed E-state index contributed by atoms with van der Waals surface area (Å²) in [6.45, 7) is -0.777. The lowest BCUT2D eigenvalue weighted by Gasteiger charge is -2.22. The highest BCUT2D eigenvalue weighted by atomic mass is 32.2. The third-order valence-electron chi connectivity index (χ3n) is 4.35. The minimum absolute atomic E-state index is 0.0214. The zero-order valence-electron chi connectivity index (χ0n) is 14.0. The summed E-state index contributed by atoms with van der Waals surface area (Å²) in [6.07, 6.45) is -3.96. The van der Waals surface area contributed by atoms with Crippen molar-refractivity contribution in [1.82, 2.24) is 0 Å². The van der Waals surface area contributed by atoms with Crippen molar-refractivity contribution in [2.45, 2.75) is 36.3 Å². The van der Waals surface area contributed by atoms with Crippen LogP contribution in [0.4, 0.5) is 5.69 Å². The van der Waals surface area contributed by atoms with Crippen LogP contribution in [0.25, 0.3) is 0 Å². The van der Waals surface area contributed by atoms with Crippen molar-refractivity contribution < 1.29 is 35.2 Å². The number of nitrogens with zero attached hydrogens (tertiary/aromatic N) is 1. The first-order valence-corrected chi connectivity index (χ1v) is 9.77. The molecule has 1 aliphatic heterocycles. The molecule has 1 saturated heterocycles. The van der Waals surface area contributed by atoms with Gasteiger partial charge in [0.05, 0.1) is 24.7 Å². The molecule has 0 saturated carbocycles. The second kappa shape index (κ2) is 9.60. The Labute approximate surface area is 153 Å². The third-order valence-corrected chi connectivity index (χ3v) is 7.17. The zero-order chi connectivity index (χ0) is 19.3. The second-order valence-electron chi connectivity index (χ2n) is 6.18. The van der Waals surface area contributed by atoms with Gasteiger partial charge in [-0.3, -0.25) is 10.1 Å². The van der Waals surface area contributed by atoms with Gasteiger partial charge in [-0.1, -0.05) is 12.1 Å². The summed E-state index contributed by atoms with van der Waals surface area (Å²) >= 11 is 0. The first-order chi connectivity index (χ1) is 12.4. The zero-order valence-corrected chi connectivity index (χ0v) is 14.9. The van der Waals surface area contributed by atoms with Crippen molar-refractivity contribution >= 4 is 16.6 Å². The topological polar surface area (TPSA) is 154 Å². The lowest BCUT2D eigenvalue weighted by molar-refractivity contribution is -0.385. The maximum Gasteiger partial charge on any atom is 0.269 e. The van der Waals surface area contributed by atoms with E-state index in [0.717, 1.165) is 0 Å². The van der Waals surface area contributed by atoms with Crippen LogP contribution in [0.2, 0.25) is 0 Å². The van der Waals surface area contributed by atoms with Crippen molar-refractivity contribution in [3.05, 3.63) is 39.9 Å². The SMILES string of the molecule is O=[N+]([O-])c1cccc(CO[C@@H](CO)[C@H](O)C[S+]2C[C@@H](O)[C@H](O)[C@H]2CO)c1. The summed E-state index contributed by atoms with van der Waals surface area (Å²) in [5.41, 5.74) is 0.459. The maximum atomic E-state index is 10.8. The van der Waals surface area contributed by atoms with Gasteiger partial charge in [0.2, 0.25) is 0 Å². The first kappa shape index (κ1) is 21.0. The van der Waals surface area contributed by atoms with Crippen LogP contribution in [0.15, 0.2) is 24.3 Å². The number of nitro groups is 1. The molecule has 10 heteroatoms. The van der Waals surface area contributed by atoms with Gasteiger partial charge in [0.15, 0.2) is 5.25 Å². The predicted octanol–water partition coefficient (Wildman–Crippen LogP) is -1.45. The Morgan fingerprint density at radius 3 is 2.69 bits per heavy atom. The molecule has 9 nitrogen and oxygen atoms in total. The Bertz CT molecular complexity index is 603. The summed E-state index contributed by atoms with van der Waals surface area (Å²) in [7, 11) is -0.616. The highest BCUT2D eigenvalue weighted by Gasteiger charge is 2.50. The third kappa shape index (κ3) is 5.13. The van der Waals surface area contributed by atoms with E-state index in [1.165, 1.54) is 18.2 Å². The van der Waals surface area contributed by atoms with Crippen LogP contribution in [0.3, 0.4) is 0 Å². The fourth-order valence-corrected chi connectivity index (χ4v) is 5.57. The Morgan fingerprint density at radius 1 is 1.35 bits per heavy atom. The van der Waals surface area contributed by atoms with E-state index >= 15 is 0 Å². The molecule has 2 rings (SSSR count). The second-order valence-corrected chi connectivity index (χ2v) is 8.52. The van der Waals surface area contributed by atoms with E-state index < -0.39 is 52.1 Å². The molecule has 6 atom stereocenters. The number of aliphatic hydroxyl groups is 5. The largest absolute Gasteiger partial charge is 0.394 e. The van der Waals surface area contributed by atoms with Crippen molar-refractivity contribution in [2.24, 2.45) is 0 Å². The molecule has 0 aromatic heterocycles. The molecule has 5 N–H and O–H groups in total. The van der Waals surface area contributed by atoms with Gasteiger partial charge in [-0.15, -0.1) is 0 Å². The van der Waals surface area contributed by atoms with Gasteiger partial charge >= 0.3 is 0 Å². The number of hydrogen-bond acceptors (Lipinski definition) is 8. The Balaban J connectivity index is 1.93. The molecule has 1 fully saturated rings. The Hall–Kier alpha value is -1.27. The summed E-state index contributed by atoms with van der Waals surface area (Å²) in [4.78, 5) is 10.3. The molecule has 0 bridgehead atoms. The minimum atomic E-state index is -1.06. The van der Waals surface area contributed by atoms with E-state index in [0.29, 0.717) is 5.56 Å². The summed E-state index contributed by atoms with van der Waals surface area (Å²) < 4.78 is 5.50. The quantitative estimate of drug-likeness (QED) is 0.195. The number of nitro benzene ring substituents is 1. The summed E-state index contributed by atoms with van der Waals surface area (Å²) in [5.74, 6) is 0.437. The van der Waals surface area contributed by atoms with E-state index in [1.54, 1.807) is 6.07 Å². The number of rotatable bonds is 9. The molecule has 1 heterocycles. The van der Waals surface area contributed by atoms with Crippen LogP contribution in [0.1, 0.15) is 5.56 Å². The van der Waals surface area contributed by atoms with Gasteiger partial charge in [-0.2, -0.15) is 0 Å². The number of hydrogen-bond donors (Lipinski definition) is 5. The molecule has 1 unspecified atom stereocenters. The molecule has 1 aromatic rings. The fourth-order valence-electron chi connectivity index (χ4n) is 2.87. The van der Waals surface area contributed by atoms with Crippen LogP contribution in [0.5, 0.6) is 0 Å². The monoisotopic (exact) mass is 390 g/mol. The molecule has 0 amide bonds. The molecule has 1 aromatic carbocycles. The molecule has 0 radical (unpaired) electrons. The Morgan fingerprint density at radius 2 is 2.08 bits per heavy atom. The van der Waals surface area contributed by atoms with Gasteiger partial charge in [0.1, 0.15) is 35.9 Å². The van der Waals surface area contributed by atoms with E-state index in [4.69, 9.17) is 4.74 Å². The van der Waals surface area contributed by atoms with Gasteiger partial charge in [0.25, 0.3) is 5.69 Å². The molecule has 0 spiro atoms. The van der Waals surface area contributed by atoms with Crippen molar-refractivity contribution in [3.8, 4) is 0 Å². The molecule has 146 valence electrons. The average Bonchev–Trinajstić information content (AvgIpc) is 2.88. The maximum absolute atomic E-state index is 10.8. The minimum Gasteiger partial charge on any atom is -0.394 e. The Kier molecular flexibility index (Phi) is 7.77. The number of non-ortho nitro benzene ring substituents is 1. The van der Waals surface area contributed by atoms with Gasteiger partial charge in [-0.25, -0.2) is 0 Å². The van der Waals surface area contributed by atoms with Crippen molar-refractivity contribution in [3.63, 3.8) is 0 Å². The standard InChI is InChI=1S/C16H24NO8S/c18-5-14(25-7-10-2-1-3-11(4-10)17(23)24)12(20)8-26-9-13(21)16(22)15(26)6-19/h1-4,12-16,18-22H,5-9H2/q+1/t12-,13-,14+,15-,16+,26?/m1/s1. The lowest BCUT2D eigenvalue weighted by Crippen LogP contribution is -2.42. The molecular weight excluding hydrogens is 366 g/mol. The van der Waals surface area contributed by atoms with Crippen LogP contribution < -0.4 is 0 Å². The number of ether oxygens (including phenoxy) is 1. The van der Waals surface area contributed by atoms with E-state index in [2.05, 4.69) is 0 Å². The average molecular weight is 390 g/mol. The van der Waals surface area contributed by atoms with Crippen molar-refractivity contribution in [1.29, 1.82) is 0 Å². The van der Waals surface area contributed by atoms with Crippen molar-refractivity contribution in [2.75, 3.05) is 24.7 Å². The fraction of sp³-hybridized carbons (Fsp3) is 0.625. The highest BCUT2D eigenvalue weighted by Crippen LogP contribution is 2.25. The summed E-state index contributed by atoms with van der Waals surface area (Å²) in [6, 6.07) is 5.87. The van der Waals surface area contributed by atoms with Gasteiger partial charge in [0, 0.05) is 23.0 Å². The van der Waals surface area contributed by atoms with Crippen LogP contribution in [-0.2, 0) is 22.2 Å². The van der Waals surface area contributed by atoms with Gasteiger partial charge in [-0.05, 0) is 5.56 Å². The van der Waals surface area contributed by atoms with E-state index in [9.17, 15) is 35.6 Å². The molecular formula is C16H24NO8S+. The predicted molar refractivity (Wildman–Crippen MR) is 94.8 cm³/mol. The first-order valence-electron chi connectivity index (χ1n) is 8.14. The molecule has 26 heavy (non-hydrogen) atoms. The molecule has 0 aliphatic carbocycles. The normalized spacial score (nSPS) is 28.0. The van der Waals surface area contributed by atoms with Crippen LogP contribution >= 0.6 is 0 Å². The van der Waals surface area contributed by atoms with Gasteiger partial charge < -0.3 is 30.3 Å². The lowest BCUT2D eigenvalue weighted by atomic mass is 10.2. The van der Waals surface area contributed by atoms with Crippen LogP contribution in [-0.4, -0.2) is 84.8 Å². The van der Waals surface area contributed by atoms with E-state index in [1.807, 2.05) is 0 Å². The smallest absolute Gasteiger partial charge is 0.269 e. The summed E-state index contributed by atoms with van der Waals surface area (Å²) in [5, 5.41) is 59.0.